The van der Waals surface area contributed by atoms with Gasteiger partial charge in [-0.25, -0.2) is 0 Å². The second-order valence-electron chi connectivity index (χ2n) is 4.39. The normalized spacial score (nSPS) is 9.85. The van der Waals surface area contributed by atoms with Crippen LogP contribution in [0.25, 0.3) is 0 Å². The highest BCUT2D eigenvalue weighted by molar-refractivity contribution is 6.15. The van der Waals surface area contributed by atoms with E-state index >= 15 is 0 Å². The van der Waals surface area contributed by atoms with Crippen molar-refractivity contribution in [1.82, 2.24) is 0 Å². The van der Waals surface area contributed by atoms with Crippen LogP contribution in [0, 0.1) is 6.92 Å². The van der Waals surface area contributed by atoms with Crippen LogP contribution in [0.3, 0.4) is 0 Å². The molecule has 0 saturated carbocycles. The molecule has 0 radical (unpaired) electrons. The van der Waals surface area contributed by atoms with Gasteiger partial charge in [0.1, 0.15) is 0 Å². The first-order valence-corrected chi connectivity index (χ1v) is 6.26. The number of benzene rings is 2. The van der Waals surface area contributed by atoms with E-state index in [1.165, 1.54) is 6.08 Å². The highest BCUT2D eigenvalue weighted by atomic mass is 16.1. The number of anilines is 1. The number of carbonyl (C=O) groups is 2. The fourth-order valence-corrected chi connectivity index (χ4v) is 1.94. The van der Waals surface area contributed by atoms with Crippen molar-refractivity contribution in [3.63, 3.8) is 0 Å². The van der Waals surface area contributed by atoms with Crippen molar-refractivity contribution in [2.45, 2.75) is 6.92 Å². The molecule has 2 rings (SSSR count). The molecule has 1 amide bonds. The topological polar surface area (TPSA) is 46.2 Å². The monoisotopic (exact) mass is 265 g/mol. The Hall–Kier alpha value is -2.68. The fourth-order valence-electron chi connectivity index (χ4n) is 1.94. The Bertz CT molecular complexity index is 660. The zero-order valence-electron chi connectivity index (χ0n) is 11.2. The van der Waals surface area contributed by atoms with Gasteiger partial charge in [0.15, 0.2) is 5.78 Å². The van der Waals surface area contributed by atoms with Gasteiger partial charge in [0.05, 0.1) is 5.69 Å². The first kappa shape index (κ1) is 13.7. The Morgan fingerprint density at radius 3 is 2.40 bits per heavy atom. The Morgan fingerprint density at radius 2 is 1.75 bits per heavy atom. The van der Waals surface area contributed by atoms with Crippen LogP contribution in [-0.2, 0) is 4.79 Å². The van der Waals surface area contributed by atoms with Crippen molar-refractivity contribution in [3.05, 3.63) is 77.9 Å². The number of hydrogen-bond donors (Lipinski definition) is 1. The molecule has 0 fully saturated rings. The molecule has 0 aromatic heterocycles. The Labute approximate surface area is 117 Å². The zero-order chi connectivity index (χ0) is 14.5. The van der Waals surface area contributed by atoms with E-state index in [0.717, 1.165) is 5.56 Å². The van der Waals surface area contributed by atoms with Crippen LogP contribution in [-0.4, -0.2) is 11.7 Å². The molecule has 0 aliphatic rings. The molecule has 0 aliphatic carbocycles. The summed E-state index contributed by atoms with van der Waals surface area (Å²) >= 11 is 0. The van der Waals surface area contributed by atoms with Crippen LogP contribution in [0.4, 0.5) is 5.69 Å². The van der Waals surface area contributed by atoms with E-state index in [-0.39, 0.29) is 11.7 Å². The summed E-state index contributed by atoms with van der Waals surface area (Å²) in [4.78, 5) is 24.0. The molecule has 3 heteroatoms. The molecule has 100 valence electrons. The number of aryl methyl sites for hydroxylation is 1. The van der Waals surface area contributed by atoms with Crippen molar-refractivity contribution in [2.75, 3.05) is 5.32 Å². The third-order valence-electron chi connectivity index (χ3n) is 2.99. The molecule has 0 saturated heterocycles. The van der Waals surface area contributed by atoms with Gasteiger partial charge in [-0.2, -0.15) is 0 Å². The van der Waals surface area contributed by atoms with Gasteiger partial charge in [-0.3, -0.25) is 9.59 Å². The summed E-state index contributed by atoms with van der Waals surface area (Å²) in [7, 11) is 0. The molecular formula is C17H15NO2. The van der Waals surface area contributed by atoms with E-state index < -0.39 is 0 Å². The van der Waals surface area contributed by atoms with Gasteiger partial charge in [-0.15, -0.1) is 0 Å². The molecule has 0 heterocycles. The molecule has 0 bridgehead atoms. The third-order valence-corrected chi connectivity index (χ3v) is 2.99. The summed E-state index contributed by atoms with van der Waals surface area (Å²) in [6, 6.07) is 14.3. The Morgan fingerprint density at radius 1 is 1.05 bits per heavy atom. The highest BCUT2D eigenvalue weighted by Gasteiger charge is 2.15. The van der Waals surface area contributed by atoms with Crippen LogP contribution in [0.1, 0.15) is 21.5 Å². The highest BCUT2D eigenvalue weighted by Crippen LogP contribution is 2.23. The smallest absolute Gasteiger partial charge is 0.247 e. The molecule has 2 aromatic rings. The second-order valence-corrected chi connectivity index (χ2v) is 4.39. The molecular weight excluding hydrogens is 250 g/mol. The van der Waals surface area contributed by atoms with Gasteiger partial charge in [-0.05, 0) is 24.6 Å². The van der Waals surface area contributed by atoms with Crippen molar-refractivity contribution in [3.8, 4) is 0 Å². The van der Waals surface area contributed by atoms with E-state index in [9.17, 15) is 9.59 Å². The van der Waals surface area contributed by atoms with Crippen LogP contribution >= 0.6 is 0 Å². The van der Waals surface area contributed by atoms with Gasteiger partial charge in [0.2, 0.25) is 5.91 Å². The summed E-state index contributed by atoms with van der Waals surface area (Å²) in [6.45, 7) is 5.27. The van der Waals surface area contributed by atoms with Crippen LogP contribution in [0.2, 0.25) is 0 Å². The molecule has 0 spiro atoms. The third kappa shape index (κ3) is 2.83. The van der Waals surface area contributed by atoms with Crippen molar-refractivity contribution in [2.24, 2.45) is 0 Å². The summed E-state index contributed by atoms with van der Waals surface area (Å²) in [6.07, 6.45) is 1.18. The van der Waals surface area contributed by atoms with E-state index in [0.29, 0.717) is 16.8 Å². The second kappa shape index (κ2) is 5.97. The average molecular weight is 265 g/mol. The molecule has 3 nitrogen and oxygen atoms in total. The standard InChI is InChI=1S/C17H15NO2/c1-3-15(19)18-16-12(2)8-7-11-14(16)17(20)13-9-5-4-6-10-13/h3-11H,1H2,2H3,(H,18,19). The summed E-state index contributed by atoms with van der Waals surface area (Å²) < 4.78 is 0. The predicted octanol–water partition coefficient (Wildman–Crippen LogP) is 3.35. The van der Waals surface area contributed by atoms with Crippen LogP contribution < -0.4 is 5.32 Å². The number of hydrogen-bond acceptors (Lipinski definition) is 2. The lowest BCUT2D eigenvalue weighted by molar-refractivity contribution is -0.111. The van der Waals surface area contributed by atoms with Crippen molar-refractivity contribution >= 4 is 17.4 Å². The largest absolute Gasteiger partial charge is 0.322 e. The van der Waals surface area contributed by atoms with E-state index in [1.807, 2.05) is 31.2 Å². The Balaban J connectivity index is 2.46. The van der Waals surface area contributed by atoms with E-state index in [2.05, 4.69) is 11.9 Å². The maximum atomic E-state index is 12.5. The minimum atomic E-state index is -0.332. The minimum absolute atomic E-state index is 0.117. The first-order valence-electron chi connectivity index (χ1n) is 6.26. The quantitative estimate of drug-likeness (QED) is 0.680. The number of rotatable bonds is 4. The predicted molar refractivity (Wildman–Crippen MR) is 79.9 cm³/mol. The molecule has 0 aliphatic heterocycles. The number of amides is 1. The first-order chi connectivity index (χ1) is 9.63. The molecule has 1 N–H and O–H groups in total. The van der Waals surface area contributed by atoms with Gasteiger partial charge in [-0.1, -0.05) is 49.0 Å². The Kier molecular flexibility index (Phi) is 4.11. The van der Waals surface area contributed by atoms with E-state index in [4.69, 9.17) is 0 Å². The summed E-state index contributed by atoms with van der Waals surface area (Å²) in [5.74, 6) is -0.449. The molecule has 0 atom stereocenters. The van der Waals surface area contributed by atoms with Gasteiger partial charge in [0.25, 0.3) is 0 Å². The van der Waals surface area contributed by atoms with E-state index in [1.54, 1.807) is 24.3 Å². The fraction of sp³-hybridized carbons (Fsp3) is 0.0588. The van der Waals surface area contributed by atoms with Crippen LogP contribution in [0.15, 0.2) is 61.2 Å². The number of nitrogens with one attached hydrogen (secondary N) is 1. The zero-order valence-corrected chi connectivity index (χ0v) is 11.2. The summed E-state index contributed by atoms with van der Waals surface area (Å²) in [5.41, 5.74) is 2.44. The average Bonchev–Trinajstić information content (AvgIpc) is 2.49. The van der Waals surface area contributed by atoms with Crippen LogP contribution in [0.5, 0.6) is 0 Å². The number of ketones is 1. The van der Waals surface area contributed by atoms with Gasteiger partial charge in [0, 0.05) is 11.1 Å². The number of para-hydroxylation sites is 1. The SMILES string of the molecule is C=CC(=O)Nc1c(C)cccc1C(=O)c1ccccc1. The van der Waals surface area contributed by atoms with Gasteiger partial charge < -0.3 is 5.32 Å². The molecule has 2 aromatic carbocycles. The maximum Gasteiger partial charge on any atom is 0.247 e. The van der Waals surface area contributed by atoms with Crippen molar-refractivity contribution < 1.29 is 9.59 Å². The molecule has 0 unspecified atom stereocenters. The lowest BCUT2D eigenvalue weighted by Crippen LogP contribution is -2.13. The lowest BCUT2D eigenvalue weighted by atomic mass is 9.99. The summed E-state index contributed by atoms with van der Waals surface area (Å²) in [5, 5.41) is 2.70. The lowest BCUT2D eigenvalue weighted by Gasteiger charge is -2.12. The molecule has 20 heavy (non-hydrogen) atoms. The van der Waals surface area contributed by atoms with Gasteiger partial charge >= 0.3 is 0 Å². The van der Waals surface area contributed by atoms with Crippen molar-refractivity contribution in [1.29, 1.82) is 0 Å². The minimum Gasteiger partial charge on any atom is -0.322 e. The number of carbonyl (C=O) groups excluding carboxylic acids is 2. The maximum absolute atomic E-state index is 12.5.